The zero-order valence-electron chi connectivity index (χ0n) is 11.4. The Bertz CT molecular complexity index is 640. The summed E-state index contributed by atoms with van der Waals surface area (Å²) in [6.07, 6.45) is 3.14. The molecule has 0 spiro atoms. The van der Waals surface area contributed by atoms with Crippen LogP contribution in [0.15, 0.2) is 4.52 Å². The van der Waals surface area contributed by atoms with Crippen LogP contribution in [0.2, 0.25) is 0 Å². The van der Waals surface area contributed by atoms with E-state index >= 15 is 0 Å². The van der Waals surface area contributed by atoms with Crippen LogP contribution in [0.3, 0.4) is 0 Å². The molecule has 4 heterocycles. The number of aryl methyl sites for hydroxylation is 2. The van der Waals surface area contributed by atoms with Gasteiger partial charge in [-0.2, -0.15) is 5.10 Å². The van der Waals surface area contributed by atoms with Gasteiger partial charge >= 0.3 is 0 Å². The highest BCUT2D eigenvalue weighted by Gasteiger charge is 2.29. The van der Waals surface area contributed by atoms with Gasteiger partial charge in [-0.05, 0) is 26.7 Å². The van der Waals surface area contributed by atoms with Crippen molar-refractivity contribution >= 4 is 0 Å². The summed E-state index contributed by atoms with van der Waals surface area (Å²) < 4.78 is 7.54. The first-order chi connectivity index (χ1) is 9.24. The molecule has 1 N–H and O–H groups in total. The second kappa shape index (κ2) is 3.93. The normalized spacial score (nSPS) is 21.5. The first-order valence-electron chi connectivity index (χ1n) is 7.01. The Morgan fingerprint density at radius 3 is 3.16 bits per heavy atom. The highest BCUT2D eigenvalue weighted by Crippen LogP contribution is 2.35. The Morgan fingerprint density at radius 1 is 1.37 bits per heavy atom. The van der Waals surface area contributed by atoms with Crippen LogP contribution in [-0.4, -0.2) is 21.0 Å². The lowest BCUT2D eigenvalue weighted by atomic mass is 9.99. The van der Waals surface area contributed by atoms with Gasteiger partial charge in [-0.15, -0.1) is 0 Å². The molecule has 2 aromatic rings. The second-order valence-electron chi connectivity index (χ2n) is 5.65. The maximum absolute atomic E-state index is 5.40. The Morgan fingerprint density at radius 2 is 2.26 bits per heavy atom. The third kappa shape index (κ3) is 1.57. The maximum atomic E-state index is 5.40. The van der Waals surface area contributed by atoms with Crippen molar-refractivity contribution in [1.29, 1.82) is 0 Å². The minimum absolute atomic E-state index is 0.505. The Labute approximate surface area is 112 Å². The number of nitrogens with one attached hydrogen (secondary N) is 1. The van der Waals surface area contributed by atoms with E-state index in [9.17, 15) is 0 Å². The summed E-state index contributed by atoms with van der Waals surface area (Å²) in [6.45, 7) is 6.08. The summed E-state index contributed by atoms with van der Waals surface area (Å²) in [5, 5.41) is 12.6. The predicted octanol–water partition coefficient (Wildman–Crippen LogP) is 1.83. The molecule has 2 aliphatic heterocycles. The molecule has 0 saturated carbocycles. The molecule has 4 rings (SSSR count). The quantitative estimate of drug-likeness (QED) is 0.783. The lowest BCUT2D eigenvalue weighted by molar-refractivity contribution is 0.395. The van der Waals surface area contributed by atoms with E-state index in [0.717, 1.165) is 43.8 Å². The molecule has 0 fully saturated rings. The average Bonchev–Trinajstić information content (AvgIpc) is 2.85. The van der Waals surface area contributed by atoms with E-state index in [0.29, 0.717) is 6.04 Å². The Balaban J connectivity index is 1.94. The second-order valence-corrected chi connectivity index (χ2v) is 5.65. The number of rotatable bonds is 0. The van der Waals surface area contributed by atoms with Crippen molar-refractivity contribution in [1.82, 2.24) is 20.3 Å². The van der Waals surface area contributed by atoms with E-state index in [4.69, 9.17) is 9.62 Å². The SMILES string of the molecule is Cc1onc2c1CCCn1nc3c(c1-2)CNC(C)C3. The van der Waals surface area contributed by atoms with Crippen LogP contribution in [0.5, 0.6) is 0 Å². The van der Waals surface area contributed by atoms with Crippen molar-refractivity contribution in [2.24, 2.45) is 0 Å². The Kier molecular flexibility index (Phi) is 2.33. The largest absolute Gasteiger partial charge is 0.361 e. The topological polar surface area (TPSA) is 55.9 Å². The van der Waals surface area contributed by atoms with Gasteiger partial charge < -0.3 is 9.84 Å². The third-order valence-corrected chi connectivity index (χ3v) is 4.27. The van der Waals surface area contributed by atoms with Crippen molar-refractivity contribution < 1.29 is 4.52 Å². The molecule has 0 aliphatic carbocycles. The standard InChI is InChI=1S/C14H18N4O/c1-8-6-12-11(7-15-8)14-13-10(9(2)19-17-13)4-3-5-18(14)16-12/h8,15H,3-7H2,1-2H3. The fourth-order valence-corrected chi connectivity index (χ4v) is 3.24. The van der Waals surface area contributed by atoms with Crippen LogP contribution in [-0.2, 0) is 25.9 Å². The van der Waals surface area contributed by atoms with Crippen LogP contribution in [0.1, 0.15) is 35.9 Å². The van der Waals surface area contributed by atoms with Crippen LogP contribution >= 0.6 is 0 Å². The van der Waals surface area contributed by atoms with E-state index in [2.05, 4.69) is 22.1 Å². The molecular weight excluding hydrogens is 240 g/mol. The van der Waals surface area contributed by atoms with Gasteiger partial charge in [-0.1, -0.05) is 5.16 Å². The maximum Gasteiger partial charge on any atom is 0.137 e. The van der Waals surface area contributed by atoms with E-state index in [1.54, 1.807) is 0 Å². The minimum Gasteiger partial charge on any atom is -0.361 e. The molecule has 2 aromatic heterocycles. The average molecular weight is 258 g/mol. The fourth-order valence-electron chi connectivity index (χ4n) is 3.24. The summed E-state index contributed by atoms with van der Waals surface area (Å²) in [5.41, 5.74) is 6.00. The summed E-state index contributed by atoms with van der Waals surface area (Å²) in [7, 11) is 0. The highest BCUT2D eigenvalue weighted by molar-refractivity contribution is 5.65. The smallest absolute Gasteiger partial charge is 0.137 e. The lowest BCUT2D eigenvalue weighted by Crippen LogP contribution is -2.32. The highest BCUT2D eigenvalue weighted by atomic mass is 16.5. The van der Waals surface area contributed by atoms with Gasteiger partial charge in [0.15, 0.2) is 0 Å². The van der Waals surface area contributed by atoms with Gasteiger partial charge in [-0.25, -0.2) is 0 Å². The van der Waals surface area contributed by atoms with Gasteiger partial charge in [0.1, 0.15) is 11.5 Å². The molecule has 0 amide bonds. The van der Waals surface area contributed by atoms with Gasteiger partial charge in [0, 0.05) is 36.7 Å². The molecule has 19 heavy (non-hydrogen) atoms. The molecule has 0 radical (unpaired) electrons. The van der Waals surface area contributed by atoms with Crippen molar-refractivity contribution in [3.63, 3.8) is 0 Å². The van der Waals surface area contributed by atoms with Crippen molar-refractivity contribution in [2.75, 3.05) is 0 Å². The molecule has 1 unspecified atom stereocenters. The number of hydrogen-bond donors (Lipinski definition) is 1. The lowest BCUT2D eigenvalue weighted by Gasteiger charge is -2.19. The first kappa shape index (κ1) is 11.2. The predicted molar refractivity (Wildman–Crippen MR) is 70.8 cm³/mol. The summed E-state index contributed by atoms with van der Waals surface area (Å²) in [6, 6.07) is 0.505. The van der Waals surface area contributed by atoms with Crippen LogP contribution in [0.4, 0.5) is 0 Å². The molecule has 5 nitrogen and oxygen atoms in total. The third-order valence-electron chi connectivity index (χ3n) is 4.27. The van der Waals surface area contributed by atoms with E-state index < -0.39 is 0 Å². The number of hydrogen-bond acceptors (Lipinski definition) is 4. The number of aromatic nitrogens is 3. The molecule has 2 aliphatic rings. The molecule has 0 bridgehead atoms. The van der Waals surface area contributed by atoms with Gasteiger partial charge in [0.05, 0.1) is 11.4 Å². The zero-order valence-corrected chi connectivity index (χ0v) is 11.4. The van der Waals surface area contributed by atoms with Gasteiger partial charge in [0.2, 0.25) is 0 Å². The van der Waals surface area contributed by atoms with Crippen molar-refractivity contribution in [3.05, 3.63) is 22.6 Å². The van der Waals surface area contributed by atoms with E-state index in [1.807, 2.05) is 6.92 Å². The van der Waals surface area contributed by atoms with Crippen LogP contribution in [0, 0.1) is 6.92 Å². The van der Waals surface area contributed by atoms with Gasteiger partial charge in [-0.3, -0.25) is 4.68 Å². The monoisotopic (exact) mass is 258 g/mol. The summed E-state index contributed by atoms with van der Waals surface area (Å²) in [4.78, 5) is 0. The van der Waals surface area contributed by atoms with Crippen molar-refractivity contribution in [2.45, 2.75) is 52.2 Å². The summed E-state index contributed by atoms with van der Waals surface area (Å²) in [5.74, 6) is 0.954. The molecule has 0 saturated heterocycles. The fraction of sp³-hybridized carbons (Fsp3) is 0.571. The minimum atomic E-state index is 0.505. The molecular formula is C14H18N4O. The molecule has 0 aromatic carbocycles. The zero-order chi connectivity index (χ0) is 13.0. The number of fused-ring (bicyclic) bond motifs is 5. The molecule has 100 valence electrons. The first-order valence-corrected chi connectivity index (χ1v) is 7.01. The van der Waals surface area contributed by atoms with Crippen molar-refractivity contribution in [3.8, 4) is 11.4 Å². The molecule has 1 atom stereocenters. The van der Waals surface area contributed by atoms with E-state index in [1.165, 1.54) is 22.5 Å². The summed E-state index contributed by atoms with van der Waals surface area (Å²) >= 11 is 0. The van der Waals surface area contributed by atoms with Crippen LogP contribution < -0.4 is 5.32 Å². The van der Waals surface area contributed by atoms with Crippen LogP contribution in [0.25, 0.3) is 11.4 Å². The molecule has 5 heteroatoms. The van der Waals surface area contributed by atoms with E-state index in [-0.39, 0.29) is 0 Å². The van der Waals surface area contributed by atoms with Gasteiger partial charge in [0.25, 0.3) is 0 Å². The number of nitrogens with zero attached hydrogens (tertiary/aromatic N) is 3. The Hall–Kier alpha value is -1.62.